The van der Waals surface area contributed by atoms with Crippen molar-refractivity contribution in [1.29, 1.82) is 0 Å². The second-order valence-electron chi connectivity index (χ2n) is 14.3. The molecule has 5 heteroatoms. The summed E-state index contributed by atoms with van der Waals surface area (Å²) < 4.78 is 2.40. The number of aromatic hydroxyl groups is 1. The number of benzene rings is 5. The third-order valence-electron chi connectivity index (χ3n) is 10.1. The molecule has 7 aromatic rings. The Morgan fingerprint density at radius 1 is 0.735 bits per heavy atom. The molecule has 0 radical (unpaired) electrons. The number of aryl methyl sites for hydroxylation is 1. The van der Waals surface area contributed by atoms with E-state index in [0.29, 0.717) is 6.04 Å². The molecule has 49 heavy (non-hydrogen) atoms. The Morgan fingerprint density at radius 2 is 1.43 bits per heavy atom. The molecular formula is C44H40N3OPt-. The largest absolute Gasteiger partial charge is 0.507 e. The fourth-order valence-corrected chi connectivity index (χ4v) is 7.53. The van der Waals surface area contributed by atoms with Crippen molar-refractivity contribution >= 4 is 21.9 Å². The Hall–Kier alpha value is -4.53. The zero-order chi connectivity index (χ0) is 33.0. The Kier molecular flexibility index (Phi) is 8.79. The molecule has 5 aromatic carbocycles. The number of pyridine rings is 1. The Bertz CT molecular complexity index is 2310. The standard InChI is InChI=1S/C44H40N3O.Pt/c1-28-24-25-45-42-36(22-21-34(40(28)42)29-12-6-5-7-13-29)31-15-10-14-30(26-31)35-18-11-19-38-41(35)46-43(47(38)33-16-8-9-17-33)37-27-32(44(2,3)4)20-23-39(37)48;/h5-7,10-15,18-25,27,33,48H,8-9,16-17H2,1-4H3;/q-1;. The fourth-order valence-electron chi connectivity index (χ4n) is 7.53. The van der Waals surface area contributed by atoms with Crippen LogP contribution in [-0.2, 0) is 26.5 Å². The number of phenolic OH excluding ortho intramolecular Hbond substituents is 1. The molecule has 1 aliphatic rings. The number of hydrogen-bond donors (Lipinski definition) is 1. The van der Waals surface area contributed by atoms with Crippen molar-refractivity contribution in [2.45, 2.75) is 64.8 Å². The van der Waals surface area contributed by atoms with Crippen LogP contribution in [0.15, 0.2) is 109 Å². The van der Waals surface area contributed by atoms with Gasteiger partial charge in [0.15, 0.2) is 0 Å². The quantitative estimate of drug-likeness (QED) is 0.176. The molecular weight excluding hydrogens is 782 g/mol. The van der Waals surface area contributed by atoms with E-state index < -0.39 is 0 Å². The van der Waals surface area contributed by atoms with Crippen molar-refractivity contribution in [2.24, 2.45) is 0 Å². The average molecular weight is 822 g/mol. The van der Waals surface area contributed by atoms with Crippen LogP contribution in [0.4, 0.5) is 0 Å². The van der Waals surface area contributed by atoms with Crippen LogP contribution in [0.5, 0.6) is 5.75 Å². The molecule has 1 fully saturated rings. The molecule has 2 heterocycles. The third-order valence-corrected chi connectivity index (χ3v) is 10.1. The van der Waals surface area contributed by atoms with E-state index in [1.807, 2.05) is 18.3 Å². The summed E-state index contributed by atoms with van der Waals surface area (Å²) in [6.45, 7) is 8.78. The van der Waals surface area contributed by atoms with Gasteiger partial charge in [0.1, 0.15) is 11.6 Å². The molecule has 1 aliphatic carbocycles. The number of aromatic nitrogens is 3. The summed E-state index contributed by atoms with van der Waals surface area (Å²) in [5, 5.41) is 12.4. The zero-order valence-corrected chi connectivity index (χ0v) is 30.7. The maximum Gasteiger partial charge on any atom is 0.144 e. The van der Waals surface area contributed by atoms with E-state index in [4.69, 9.17) is 9.97 Å². The first-order chi connectivity index (χ1) is 23.3. The number of hydrogen-bond acceptors (Lipinski definition) is 3. The summed E-state index contributed by atoms with van der Waals surface area (Å²) in [7, 11) is 0. The van der Waals surface area contributed by atoms with Crippen molar-refractivity contribution in [3.05, 3.63) is 127 Å². The van der Waals surface area contributed by atoms with Crippen molar-refractivity contribution in [1.82, 2.24) is 14.5 Å². The van der Waals surface area contributed by atoms with Gasteiger partial charge in [-0.25, -0.2) is 4.98 Å². The van der Waals surface area contributed by atoms with Crippen LogP contribution in [0.2, 0.25) is 0 Å². The van der Waals surface area contributed by atoms with Crippen LogP contribution in [0, 0.1) is 13.0 Å². The first-order valence-electron chi connectivity index (χ1n) is 17.1. The van der Waals surface area contributed by atoms with Crippen molar-refractivity contribution < 1.29 is 26.2 Å². The van der Waals surface area contributed by atoms with E-state index in [-0.39, 0.29) is 32.2 Å². The summed E-state index contributed by atoms with van der Waals surface area (Å²) in [6.07, 6.45) is 6.54. The molecule has 0 unspecified atom stereocenters. The predicted octanol–water partition coefficient (Wildman–Crippen LogP) is 11.5. The van der Waals surface area contributed by atoms with Crippen molar-refractivity contribution in [2.75, 3.05) is 0 Å². The number of phenols is 1. The van der Waals surface area contributed by atoms with Gasteiger partial charge in [0.05, 0.1) is 16.6 Å². The summed E-state index contributed by atoms with van der Waals surface area (Å²) >= 11 is 0. The molecule has 0 aliphatic heterocycles. The number of imidazole rings is 1. The first-order valence-corrected chi connectivity index (χ1v) is 17.1. The fraction of sp³-hybridized carbons (Fsp3) is 0.227. The van der Waals surface area contributed by atoms with Gasteiger partial charge in [-0.1, -0.05) is 105 Å². The van der Waals surface area contributed by atoms with Gasteiger partial charge in [0.25, 0.3) is 0 Å². The monoisotopic (exact) mass is 821 g/mol. The second kappa shape index (κ2) is 13.1. The maximum absolute atomic E-state index is 11.2. The van der Waals surface area contributed by atoms with Gasteiger partial charge >= 0.3 is 0 Å². The smallest absolute Gasteiger partial charge is 0.144 e. The average Bonchev–Trinajstić information content (AvgIpc) is 3.76. The van der Waals surface area contributed by atoms with Gasteiger partial charge in [-0.3, -0.25) is 4.98 Å². The van der Waals surface area contributed by atoms with Crippen LogP contribution in [-0.4, -0.2) is 19.6 Å². The summed E-state index contributed by atoms with van der Waals surface area (Å²) in [5.41, 5.74) is 12.6. The molecule has 1 saturated carbocycles. The van der Waals surface area contributed by atoms with Crippen LogP contribution in [0.1, 0.15) is 63.6 Å². The Balaban J connectivity index is 0.00000378. The summed E-state index contributed by atoms with van der Waals surface area (Å²) in [6, 6.07) is 40.0. The van der Waals surface area contributed by atoms with E-state index in [1.54, 1.807) is 0 Å². The van der Waals surface area contributed by atoms with Gasteiger partial charge in [-0.2, -0.15) is 0 Å². The minimum absolute atomic E-state index is 0. The van der Waals surface area contributed by atoms with Crippen LogP contribution < -0.4 is 0 Å². The number of rotatable bonds is 5. The number of para-hydroxylation sites is 1. The third kappa shape index (κ3) is 5.91. The van der Waals surface area contributed by atoms with E-state index in [2.05, 4.69) is 129 Å². The van der Waals surface area contributed by atoms with Gasteiger partial charge in [-0.15, -0.1) is 35.4 Å². The number of nitrogens with zero attached hydrogens (tertiary/aromatic N) is 3. The normalized spacial score (nSPS) is 13.6. The summed E-state index contributed by atoms with van der Waals surface area (Å²) in [4.78, 5) is 10.3. The second-order valence-corrected chi connectivity index (χ2v) is 14.3. The zero-order valence-electron chi connectivity index (χ0n) is 28.4. The molecule has 1 N–H and O–H groups in total. The van der Waals surface area contributed by atoms with Gasteiger partial charge in [-0.05, 0) is 71.7 Å². The van der Waals surface area contributed by atoms with E-state index >= 15 is 0 Å². The van der Waals surface area contributed by atoms with E-state index in [0.717, 1.165) is 63.0 Å². The molecule has 0 saturated heterocycles. The number of fused-ring (bicyclic) bond motifs is 2. The maximum atomic E-state index is 11.2. The van der Waals surface area contributed by atoms with Crippen LogP contribution in [0.3, 0.4) is 0 Å². The van der Waals surface area contributed by atoms with E-state index in [1.165, 1.54) is 40.5 Å². The Labute approximate surface area is 303 Å². The molecule has 4 nitrogen and oxygen atoms in total. The minimum atomic E-state index is -0.0515. The first kappa shape index (κ1) is 33.0. The van der Waals surface area contributed by atoms with Gasteiger partial charge in [0.2, 0.25) is 0 Å². The minimum Gasteiger partial charge on any atom is -0.507 e. The SMILES string of the molecule is Cc1ccnc2c(-c3[c-]c(-c4cccc5c4nc(-c4cc(C(C)(C)C)ccc4O)n5C4CCCC4)ccc3)ccc(-c3ccccc3)c12.[Pt]. The molecule has 0 amide bonds. The predicted molar refractivity (Wildman–Crippen MR) is 198 cm³/mol. The van der Waals surface area contributed by atoms with E-state index in [9.17, 15) is 5.11 Å². The van der Waals surface area contributed by atoms with Crippen LogP contribution >= 0.6 is 0 Å². The van der Waals surface area contributed by atoms with Crippen LogP contribution in [0.25, 0.3) is 66.7 Å². The van der Waals surface area contributed by atoms with Gasteiger partial charge in [0, 0.05) is 44.2 Å². The molecule has 0 spiro atoms. The topological polar surface area (TPSA) is 50.9 Å². The van der Waals surface area contributed by atoms with Crippen molar-refractivity contribution in [3.63, 3.8) is 0 Å². The Morgan fingerprint density at radius 3 is 2.16 bits per heavy atom. The molecule has 2 aromatic heterocycles. The van der Waals surface area contributed by atoms with Gasteiger partial charge < -0.3 is 9.67 Å². The molecule has 8 rings (SSSR count). The molecule has 0 atom stereocenters. The van der Waals surface area contributed by atoms with Crippen molar-refractivity contribution in [3.8, 4) is 50.5 Å². The molecule has 248 valence electrons. The summed E-state index contributed by atoms with van der Waals surface area (Å²) in [5.74, 6) is 1.10. The molecule has 0 bridgehead atoms.